The Balaban J connectivity index is 3.02. The molecular formula is C13H17NO3. The van der Waals surface area contributed by atoms with E-state index in [4.69, 9.17) is 19.5 Å². The molecule has 0 saturated heterocycles. The first-order chi connectivity index (χ1) is 8.28. The number of rotatable bonds is 6. The SMILES string of the molecule is COc1ccc(CCCC#N)c(OC)c1OC. The predicted octanol–water partition coefficient (Wildman–Crippen LogP) is 2.56. The molecule has 0 radical (unpaired) electrons. The van der Waals surface area contributed by atoms with Crippen LogP contribution in [-0.2, 0) is 6.42 Å². The number of methoxy groups -OCH3 is 3. The fourth-order valence-electron chi connectivity index (χ4n) is 1.72. The van der Waals surface area contributed by atoms with E-state index in [0.29, 0.717) is 23.7 Å². The van der Waals surface area contributed by atoms with Crippen LogP contribution < -0.4 is 14.2 Å². The lowest BCUT2D eigenvalue weighted by atomic mass is 10.1. The summed E-state index contributed by atoms with van der Waals surface area (Å²) in [6.45, 7) is 0. The van der Waals surface area contributed by atoms with Gasteiger partial charge in [-0.15, -0.1) is 0 Å². The van der Waals surface area contributed by atoms with Crippen molar-refractivity contribution >= 4 is 0 Å². The minimum Gasteiger partial charge on any atom is -0.493 e. The molecule has 0 aromatic heterocycles. The van der Waals surface area contributed by atoms with Crippen molar-refractivity contribution in [2.45, 2.75) is 19.3 Å². The van der Waals surface area contributed by atoms with Crippen LogP contribution in [0, 0.1) is 11.3 Å². The molecule has 4 nitrogen and oxygen atoms in total. The lowest BCUT2D eigenvalue weighted by Gasteiger charge is -2.15. The van der Waals surface area contributed by atoms with Crippen molar-refractivity contribution < 1.29 is 14.2 Å². The topological polar surface area (TPSA) is 51.5 Å². The Morgan fingerprint density at radius 1 is 1.06 bits per heavy atom. The van der Waals surface area contributed by atoms with Crippen molar-refractivity contribution in [3.05, 3.63) is 17.7 Å². The second-order valence-corrected chi connectivity index (χ2v) is 3.51. The summed E-state index contributed by atoms with van der Waals surface area (Å²) in [7, 11) is 4.77. The Morgan fingerprint density at radius 2 is 1.76 bits per heavy atom. The van der Waals surface area contributed by atoms with Gasteiger partial charge in [-0.05, 0) is 24.5 Å². The summed E-state index contributed by atoms with van der Waals surface area (Å²) >= 11 is 0. The summed E-state index contributed by atoms with van der Waals surface area (Å²) in [5.74, 6) is 1.93. The second-order valence-electron chi connectivity index (χ2n) is 3.51. The first kappa shape index (κ1) is 13.2. The van der Waals surface area contributed by atoms with Gasteiger partial charge in [-0.25, -0.2) is 0 Å². The van der Waals surface area contributed by atoms with Crippen LogP contribution >= 0.6 is 0 Å². The highest BCUT2D eigenvalue weighted by molar-refractivity contribution is 5.55. The summed E-state index contributed by atoms with van der Waals surface area (Å²) in [5.41, 5.74) is 1.03. The normalized spacial score (nSPS) is 9.53. The third-order valence-electron chi connectivity index (χ3n) is 2.52. The standard InChI is InChI=1S/C13H17NO3/c1-15-11-8-7-10(6-4-5-9-14)12(16-2)13(11)17-3/h7-8H,4-6H2,1-3H3. The predicted molar refractivity (Wildman–Crippen MR) is 64.6 cm³/mol. The molecule has 0 aliphatic rings. The molecule has 1 rings (SSSR count). The molecule has 1 aromatic rings. The molecule has 0 aliphatic heterocycles. The van der Waals surface area contributed by atoms with Crippen molar-refractivity contribution in [3.63, 3.8) is 0 Å². The van der Waals surface area contributed by atoms with Crippen molar-refractivity contribution in [2.24, 2.45) is 0 Å². The third kappa shape index (κ3) is 3.04. The number of ether oxygens (including phenoxy) is 3. The zero-order chi connectivity index (χ0) is 12.7. The van der Waals surface area contributed by atoms with Gasteiger partial charge < -0.3 is 14.2 Å². The van der Waals surface area contributed by atoms with Crippen LogP contribution in [0.2, 0.25) is 0 Å². The number of hydrogen-bond acceptors (Lipinski definition) is 4. The molecule has 0 amide bonds. The van der Waals surface area contributed by atoms with Gasteiger partial charge in [0, 0.05) is 6.42 Å². The molecule has 1 aromatic carbocycles. The zero-order valence-corrected chi connectivity index (χ0v) is 10.4. The van der Waals surface area contributed by atoms with E-state index in [-0.39, 0.29) is 0 Å². The molecule has 92 valence electrons. The fraction of sp³-hybridized carbons (Fsp3) is 0.462. The zero-order valence-electron chi connectivity index (χ0n) is 10.4. The van der Waals surface area contributed by atoms with E-state index >= 15 is 0 Å². The van der Waals surface area contributed by atoms with Crippen LogP contribution in [0.3, 0.4) is 0 Å². The lowest BCUT2D eigenvalue weighted by Crippen LogP contribution is -1.99. The van der Waals surface area contributed by atoms with E-state index in [2.05, 4.69) is 6.07 Å². The van der Waals surface area contributed by atoms with Gasteiger partial charge in [0.15, 0.2) is 11.5 Å². The van der Waals surface area contributed by atoms with Gasteiger partial charge in [-0.2, -0.15) is 5.26 Å². The molecule has 4 heteroatoms. The van der Waals surface area contributed by atoms with Crippen LogP contribution in [0.4, 0.5) is 0 Å². The van der Waals surface area contributed by atoms with E-state index in [0.717, 1.165) is 18.4 Å². The number of benzene rings is 1. The van der Waals surface area contributed by atoms with Gasteiger partial charge in [-0.1, -0.05) is 6.07 Å². The molecule has 0 N–H and O–H groups in total. The highest BCUT2D eigenvalue weighted by Gasteiger charge is 2.15. The average Bonchev–Trinajstić information content (AvgIpc) is 2.38. The molecule has 0 spiro atoms. The molecule has 0 atom stereocenters. The maximum atomic E-state index is 8.53. The fourth-order valence-corrected chi connectivity index (χ4v) is 1.72. The molecule has 0 fully saturated rings. The van der Waals surface area contributed by atoms with E-state index in [1.54, 1.807) is 21.3 Å². The molecule has 0 bridgehead atoms. The lowest BCUT2D eigenvalue weighted by molar-refractivity contribution is 0.322. The number of nitrogens with zero attached hydrogens (tertiary/aromatic N) is 1. The van der Waals surface area contributed by atoms with Gasteiger partial charge in [0.2, 0.25) is 5.75 Å². The van der Waals surface area contributed by atoms with Gasteiger partial charge in [0.25, 0.3) is 0 Å². The molecule has 0 heterocycles. The van der Waals surface area contributed by atoms with Gasteiger partial charge in [0.1, 0.15) is 0 Å². The highest BCUT2D eigenvalue weighted by atomic mass is 16.5. The minimum atomic E-state index is 0.539. The smallest absolute Gasteiger partial charge is 0.203 e. The first-order valence-electron chi connectivity index (χ1n) is 5.43. The Bertz CT molecular complexity index is 410. The maximum absolute atomic E-state index is 8.53. The van der Waals surface area contributed by atoms with E-state index in [1.165, 1.54) is 0 Å². The summed E-state index contributed by atoms with van der Waals surface area (Å²) in [5, 5.41) is 8.53. The molecular weight excluding hydrogens is 218 g/mol. The summed E-state index contributed by atoms with van der Waals surface area (Å²) in [6, 6.07) is 5.92. The summed E-state index contributed by atoms with van der Waals surface area (Å²) in [6.07, 6.45) is 2.14. The largest absolute Gasteiger partial charge is 0.493 e. The third-order valence-corrected chi connectivity index (χ3v) is 2.52. The van der Waals surface area contributed by atoms with Crippen molar-refractivity contribution in [2.75, 3.05) is 21.3 Å². The maximum Gasteiger partial charge on any atom is 0.203 e. The van der Waals surface area contributed by atoms with E-state index in [1.807, 2.05) is 12.1 Å². The Labute approximate surface area is 102 Å². The van der Waals surface area contributed by atoms with Gasteiger partial charge in [-0.3, -0.25) is 0 Å². The summed E-state index contributed by atoms with van der Waals surface area (Å²) < 4.78 is 15.8. The highest BCUT2D eigenvalue weighted by Crippen LogP contribution is 2.40. The number of aryl methyl sites for hydroxylation is 1. The van der Waals surface area contributed by atoms with Gasteiger partial charge in [0.05, 0.1) is 27.4 Å². The summed E-state index contributed by atoms with van der Waals surface area (Å²) in [4.78, 5) is 0. The molecule has 0 saturated carbocycles. The quantitative estimate of drug-likeness (QED) is 0.711. The van der Waals surface area contributed by atoms with Crippen LogP contribution in [0.15, 0.2) is 12.1 Å². The Hall–Kier alpha value is -1.89. The molecule has 0 aliphatic carbocycles. The van der Waals surface area contributed by atoms with Gasteiger partial charge >= 0.3 is 0 Å². The monoisotopic (exact) mass is 235 g/mol. The van der Waals surface area contributed by atoms with Crippen LogP contribution in [0.1, 0.15) is 18.4 Å². The number of nitriles is 1. The molecule has 0 unspecified atom stereocenters. The van der Waals surface area contributed by atoms with Crippen molar-refractivity contribution in [1.82, 2.24) is 0 Å². The van der Waals surface area contributed by atoms with E-state index < -0.39 is 0 Å². The number of hydrogen-bond donors (Lipinski definition) is 0. The van der Waals surface area contributed by atoms with E-state index in [9.17, 15) is 0 Å². The first-order valence-corrected chi connectivity index (χ1v) is 5.43. The van der Waals surface area contributed by atoms with Crippen LogP contribution in [0.5, 0.6) is 17.2 Å². The van der Waals surface area contributed by atoms with Crippen LogP contribution in [-0.4, -0.2) is 21.3 Å². The molecule has 17 heavy (non-hydrogen) atoms. The number of unbranched alkanes of at least 4 members (excludes halogenated alkanes) is 1. The second kappa shape index (κ2) is 6.64. The van der Waals surface area contributed by atoms with Crippen molar-refractivity contribution in [3.8, 4) is 23.3 Å². The minimum absolute atomic E-state index is 0.539. The van der Waals surface area contributed by atoms with Crippen molar-refractivity contribution in [1.29, 1.82) is 5.26 Å². The van der Waals surface area contributed by atoms with Crippen LogP contribution in [0.25, 0.3) is 0 Å². The average molecular weight is 235 g/mol. The Morgan fingerprint density at radius 3 is 2.29 bits per heavy atom. The Kier molecular flexibility index (Phi) is 5.15.